The minimum atomic E-state index is 0.536. The predicted molar refractivity (Wildman–Crippen MR) is 92.2 cm³/mol. The van der Waals surface area contributed by atoms with Crippen molar-refractivity contribution >= 4 is 22.7 Å². The lowest BCUT2D eigenvalue weighted by Crippen LogP contribution is -2.03. The molecule has 0 aliphatic carbocycles. The number of anilines is 2. The second-order valence-electron chi connectivity index (χ2n) is 5.68. The molecule has 0 bridgehead atoms. The summed E-state index contributed by atoms with van der Waals surface area (Å²) in [5, 5.41) is 15.4. The van der Waals surface area contributed by atoms with Crippen molar-refractivity contribution in [3.63, 3.8) is 0 Å². The second kappa shape index (κ2) is 5.77. The summed E-state index contributed by atoms with van der Waals surface area (Å²) in [6.07, 6.45) is 4.26. The third-order valence-electron chi connectivity index (χ3n) is 4.08. The first kappa shape index (κ1) is 14.4. The number of nitrogens with zero attached hydrogens (tertiary/aromatic N) is 5. The van der Waals surface area contributed by atoms with Gasteiger partial charge in [0, 0.05) is 13.5 Å². The molecule has 2 N–H and O–H groups in total. The molecule has 3 heterocycles. The van der Waals surface area contributed by atoms with Crippen LogP contribution in [0.3, 0.4) is 0 Å². The Labute approximate surface area is 138 Å². The van der Waals surface area contributed by atoms with Crippen molar-refractivity contribution in [1.29, 1.82) is 0 Å². The maximum absolute atomic E-state index is 4.69. The van der Waals surface area contributed by atoms with Gasteiger partial charge in [-0.05, 0) is 12.5 Å². The molecular formula is C17H17N7. The van der Waals surface area contributed by atoms with Crippen molar-refractivity contribution in [2.75, 3.05) is 5.32 Å². The molecule has 0 amide bonds. The van der Waals surface area contributed by atoms with Gasteiger partial charge in [0.15, 0.2) is 5.65 Å². The minimum absolute atomic E-state index is 0.536. The summed E-state index contributed by atoms with van der Waals surface area (Å²) in [4.78, 5) is 9.20. The topological polar surface area (TPSA) is 84.3 Å². The van der Waals surface area contributed by atoms with Crippen molar-refractivity contribution in [3.05, 3.63) is 59.7 Å². The molecule has 7 heteroatoms. The first-order chi connectivity index (χ1) is 11.7. The van der Waals surface area contributed by atoms with E-state index in [2.05, 4.69) is 37.7 Å². The van der Waals surface area contributed by atoms with E-state index >= 15 is 0 Å². The van der Waals surface area contributed by atoms with Crippen molar-refractivity contribution in [2.45, 2.75) is 13.3 Å². The Bertz CT molecular complexity index is 985. The normalized spacial score (nSPS) is 11.1. The van der Waals surface area contributed by atoms with Gasteiger partial charge < -0.3 is 5.32 Å². The van der Waals surface area contributed by atoms with Crippen LogP contribution in [0.4, 0.5) is 11.6 Å². The molecule has 0 spiro atoms. The van der Waals surface area contributed by atoms with Gasteiger partial charge in [-0.15, -0.1) is 0 Å². The monoisotopic (exact) mass is 319 g/mol. The first-order valence-corrected chi connectivity index (χ1v) is 7.70. The molecule has 0 atom stereocenters. The van der Waals surface area contributed by atoms with Gasteiger partial charge in [-0.25, -0.2) is 4.98 Å². The Morgan fingerprint density at radius 1 is 1.12 bits per heavy atom. The van der Waals surface area contributed by atoms with Gasteiger partial charge in [0.25, 0.3) is 0 Å². The van der Waals surface area contributed by atoms with Gasteiger partial charge in [-0.3, -0.25) is 9.78 Å². The fourth-order valence-corrected chi connectivity index (χ4v) is 2.62. The van der Waals surface area contributed by atoms with E-state index in [0.717, 1.165) is 34.5 Å². The molecule has 120 valence electrons. The Morgan fingerprint density at radius 3 is 2.71 bits per heavy atom. The smallest absolute Gasteiger partial charge is 0.229 e. The zero-order chi connectivity index (χ0) is 16.5. The van der Waals surface area contributed by atoms with Crippen LogP contribution in [-0.4, -0.2) is 29.9 Å². The summed E-state index contributed by atoms with van der Waals surface area (Å²) in [5.74, 6) is 0.536. The lowest BCUT2D eigenvalue weighted by Gasteiger charge is -2.08. The summed E-state index contributed by atoms with van der Waals surface area (Å²) >= 11 is 0. The van der Waals surface area contributed by atoms with Crippen LogP contribution in [0.15, 0.2) is 42.7 Å². The summed E-state index contributed by atoms with van der Waals surface area (Å²) in [6.45, 7) is 1.99. The third kappa shape index (κ3) is 2.60. The number of rotatable bonds is 4. The van der Waals surface area contributed by atoms with Gasteiger partial charge >= 0.3 is 0 Å². The largest absolute Gasteiger partial charge is 0.321 e. The lowest BCUT2D eigenvalue weighted by molar-refractivity contribution is 0.740. The van der Waals surface area contributed by atoms with E-state index in [1.807, 2.05) is 36.9 Å². The molecule has 1 aromatic carbocycles. The fraction of sp³-hybridized carbons (Fsp3) is 0.176. The fourth-order valence-electron chi connectivity index (χ4n) is 2.62. The molecule has 7 nitrogen and oxygen atoms in total. The maximum atomic E-state index is 4.69. The Balaban J connectivity index is 1.73. The molecule has 0 radical (unpaired) electrons. The highest BCUT2D eigenvalue weighted by molar-refractivity contribution is 5.78. The van der Waals surface area contributed by atoms with Crippen LogP contribution in [0.2, 0.25) is 0 Å². The van der Waals surface area contributed by atoms with E-state index in [4.69, 9.17) is 4.98 Å². The van der Waals surface area contributed by atoms with E-state index in [1.165, 1.54) is 5.56 Å². The molecule has 24 heavy (non-hydrogen) atoms. The second-order valence-corrected chi connectivity index (χ2v) is 5.68. The molecule has 0 aliphatic heterocycles. The molecule has 4 rings (SSSR count). The molecule has 0 unspecified atom stereocenters. The van der Waals surface area contributed by atoms with Gasteiger partial charge in [0.05, 0.1) is 34.9 Å². The van der Waals surface area contributed by atoms with Gasteiger partial charge in [0.2, 0.25) is 5.95 Å². The summed E-state index contributed by atoms with van der Waals surface area (Å²) in [5.41, 5.74) is 4.76. The SMILES string of the molecule is Cc1c(Nc2nc(Cc3ccccc3)c3cn[nH]c3n2)cnn1C. The maximum Gasteiger partial charge on any atom is 0.229 e. The third-order valence-corrected chi connectivity index (χ3v) is 4.08. The van der Waals surface area contributed by atoms with Crippen LogP contribution in [0.5, 0.6) is 0 Å². The summed E-state index contributed by atoms with van der Waals surface area (Å²) < 4.78 is 1.81. The number of H-pyrrole nitrogens is 1. The molecule has 3 aromatic heterocycles. The van der Waals surface area contributed by atoms with Gasteiger partial charge in [-0.2, -0.15) is 15.2 Å². The summed E-state index contributed by atoms with van der Waals surface area (Å²) in [7, 11) is 1.90. The number of nitrogens with one attached hydrogen (secondary N) is 2. The number of fused-ring (bicyclic) bond motifs is 1. The van der Waals surface area contributed by atoms with E-state index in [-0.39, 0.29) is 0 Å². The zero-order valence-electron chi connectivity index (χ0n) is 13.5. The number of aromatic amines is 1. The molecular weight excluding hydrogens is 302 g/mol. The Kier molecular flexibility index (Phi) is 3.45. The zero-order valence-corrected chi connectivity index (χ0v) is 13.5. The minimum Gasteiger partial charge on any atom is -0.321 e. The summed E-state index contributed by atoms with van der Waals surface area (Å²) in [6, 6.07) is 10.2. The highest BCUT2D eigenvalue weighted by Gasteiger charge is 2.12. The van der Waals surface area contributed by atoms with Crippen molar-refractivity contribution in [1.82, 2.24) is 29.9 Å². The quantitative estimate of drug-likeness (QED) is 0.604. The van der Waals surface area contributed by atoms with Crippen LogP contribution in [0.25, 0.3) is 11.0 Å². The van der Waals surface area contributed by atoms with Gasteiger partial charge in [0.1, 0.15) is 0 Å². The highest BCUT2D eigenvalue weighted by atomic mass is 15.3. The average molecular weight is 319 g/mol. The predicted octanol–water partition coefficient (Wildman–Crippen LogP) is 2.73. The van der Waals surface area contributed by atoms with Crippen LogP contribution >= 0.6 is 0 Å². The molecule has 0 fully saturated rings. The van der Waals surface area contributed by atoms with Crippen LogP contribution in [0.1, 0.15) is 17.0 Å². The number of aryl methyl sites for hydroxylation is 1. The Hall–Kier alpha value is -3.22. The number of aromatic nitrogens is 6. The molecule has 0 aliphatic rings. The number of hydrogen-bond donors (Lipinski definition) is 2. The van der Waals surface area contributed by atoms with Crippen molar-refractivity contribution in [3.8, 4) is 0 Å². The van der Waals surface area contributed by atoms with Crippen LogP contribution in [0, 0.1) is 6.92 Å². The first-order valence-electron chi connectivity index (χ1n) is 7.70. The van der Waals surface area contributed by atoms with Crippen LogP contribution < -0.4 is 5.32 Å². The highest BCUT2D eigenvalue weighted by Crippen LogP contribution is 2.22. The average Bonchev–Trinajstić information content (AvgIpc) is 3.18. The van der Waals surface area contributed by atoms with Crippen LogP contribution in [-0.2, 0) is 13.5 Å². The van der Waals surface area contributed by atoms with Crippen molar-refractivity contribution < 1.29 is 0 Å². The van der Waals surface area contributed by atoms with E-state index < -0.39 is 0 Å². The standard InChI is InChI=1S/C17H17N7/c1-11-15(10-19-24(11)2)21-17-20-14(8-12-6-4-3-5-7-12)13-9-18-23-16(13)22-17/h3-7,9-10H,8H2,1-2H3,(H2,18,20,21,22,23). The lowest BCUT2D eigenvalue weighted by atomic mass is 10.1. The number of hydrogen-bond acceptors (Lipinski definition) is 5. The molecule has 0 saturated heterocycles. The van der Waals surface area contributed by atoms with E-state index in [9.17, 15) is 0 Å². The van der Waals surface area contributed by atoms with E-state index in [0.29, 0.717) is 5.95 Å². The molecule has 0 saturated carbocycles. The van der Waals surface area contributed by atoms with Gasteiger partial charge in [-0.1, -0.05) is 30.3 Å². The number of benzene rings is 1. The molecule has 4 aromatic rings. The van der Waals surface area contributed by atoms with E-state index in [1.54, 1.807) is 12.4 Å². The Morgan fingerprint density at radius 2 is 1.96 bits per heavy atom. The van der Waals surface area contributed by atoms with Crippen molar-refractivity contribution in [2.24, 2.45) is 7.05 Å².